The lowest BCUT2D eigenvalue weighted by molar-refractivity contribution is 0.415. The van der Waals surface area contributed by atoms with Crippen LogP contribution in [0.25, 0.3) is 0 Å². The summed E-state index contributed by atoms with van der Waals surface area (Å²) in [7, 11) is -0.836. The number of hydrogen-bond acceptors (Lipinski definition) is 7. The van der Waals surface area contributed by atoms with Crippen molar-refractivity contribution in [2.45, 2.75) is 13.0 Å². The van der Waals surface area contributed by atoms with Gasteiger partial charge in [-0.3, -0.25) is 0 Å². The van der Waals surface area contributed by atoms with E-state index in [1.165, 1.54) is 17.3 Å². The number of hydrogen-bond donors (Lipinski definition) is 3. The Morgan fingerprint density at radius 3 is 2.71 bits per heavy atom. The van der Waals surface area contributed by atoms with Crippen LogP contribution in [0.4, 0.5) is 23.1 Å². The molecule has 7 nitrogen and oxygen atoms in total. The number of benzene rings is 2. The third kappa shape index (κ3) is 4.85. The van der Waals surface area contributed by atoms with Gasteiger partial charge in [0.2, 0.25) is 5.95 Å². The van der Waals surface area contributed by atoms with Crippen LogP contribution in [0, 0.1) is 0 Å². The van der Waals surface area contributed by atoms with E-state index in [4.69, 9.17) is 16.3 Å². The highest BCUT2D eigenvalue weighted by Gasteiger charge is 2.18. The fraction of sp³-hybridized carbons (Fsp3) is 0.273. The zero-order chi connectivity index (χ0) is 22.0. The Kier molecular flexibility index (Phi) is 6.19. The smallest absolute Gasteiger partial charge is 0.229 e. The van der Waals surface area contributed by atoms with Crippen LogP contribution < -0.4 is 26.0 Å². The Morgan fingerprint density at radius 2 is 1.94 bits per heavy atom. The molecule has 0 unspecified atom stereocenters. The minimum atomic E-state index is -2.48. The summed E-state index contributed by atoms with van der Waals surface area (Å²) in [6.45, 7) is 5.24. The molecule has 31 heavy (non-hydrogen) atoms. The zero-order valence-corrected chi connectivity index (χ0v) is 19.3. The van der Waals surface area contributed by atoms with Gasteiger partial charge in [0.15, 0.2) is 5.82 Å². The maximum atomic E-state index is 12.7. The van der Waals surface area contributed by atoms with Crippen molar-refractivity contribution in [2.24, 2.45) is 0 Å². The maximum Gasteiger partial charge on any atom is 0.229 e. The zero-order valence-electron chi connectivity index (χ0n) is 17.7. The van der Waals surface area contributed by atoms with Gasteiger partial charge in [0.05, 0.1) is 24.7 Å². The van der Waals surface area contributed by atoms with Gasteiger partial charge in [-0.05, 0) is 61.7 Å². The fourth-order valence-corrected chi connectivity index (χ4v) is 4.88. The highest BCUT2D eigenvalue weighted by molar-refractivity contribution is 7.70. The Balaban J connectivity index is 1.65. The van der Waals surface area contributed by atoms with Crippen LogP contribution in [0.3, 0.4) is 0 Å². The number of nitrogens with zero attached hydrogens (tertiary/aromatic N) is 2. The minimum absolute atomic E-state index is 0.365. The lowest BCUT2D eigenvalue weighted by Gasteiger charge is -2.20. The number of ether oxygens (including phenoxy) is 1. The minimum Gasteiger partial charge on any atom is -0.495 e. The summed E-state index contributed by atoms with van der Waals surface area (Å²) in [5.74, 6) is 1.54. The largest absolute Gasteiger partial charge is 0.495 e. The lowest BCUT2D eigenvalue weighted by Crippen LogP contribution is -2.23. The average Bonchev–Trinajstić information content (AvgIpc) is 2.75. The molecule has 2 heterocycles. The molecule has 0 aliphatic carbocycles. The molecule has 0 saturated heterocycles. The maximum absolute atomic E-state index is 12.7. The first-order valence-electron chi connectivity index (χ1n) is 9.97. The number of halogens is 1. The molecule has 0 atom stereocenters. The van der Waals surface area contributed by atoms with Crippen LogP contribution in [0.5, 0.6) is 5.75 Å². The molecule has 9 heteroatoms. The lowest BCUT2D eigenvalue weighted by atomic mass is 10.00. The van der Waals surface area contributed by atoms with Crippen LogP contribution in [-0.2, 0) is 17.5 Å². The third-order valence-electron chi connectivity index (χ3n) is 5.14. The second-order valence-electron chi connectivity index (χ2n) is 7.76. The Labute approximate surface area is 187 Å². The van der Waals surface area contributed by atoms with Crippen LogP contribution in [0.2, 0.25) is 5.02 Å². The standard InChI is InChI=1S/C22H25ClN5O2P/c1-30-19-11-14-8-9-24-12-15(14)10-18(19)27-22-25-13-16(23)21(28-22)26-17-6-4-5-7-20(17)31(2,3)29/h4-7,10-11,13,24H,8-9,12H2,1-3H3,(H2,25,26,27,28). The molecule has 4 rings (SSSR count). The van der Waals surface area contributed by atoms with E-state index in [9.17, 15) is 4.57 Å². The van der Waals surface area contributed by atoms with Gasteiger partial charge in [0.1, 0.15) is 17.9 Å². The molecule has 2 aromatic carbocycles. The normalized spacial score (nSPS) is 13.4. The molecule has 0 bridgehead atoms. The highest BCUT2D eigenvalue weighted by Crippen LogP contribution is 2.39. The Morgan fingerprint density at radius 1 is 1.13 bits per heavy atom. The molecule has 0 saturated carbocycles. The van der Waals surface area contributed by atoms with Gasteiger partial charge in [0, 0.05) is 11.8 Å². The predicted molar refractivity (Wildman–Crippen MR) is 128 cm³/mol. The van der Waals surface area contributed by atoms with E-state index in [1.807, 2.05) is 24.3 Å². The summed E-state index contributed by atoms with van der Waals surface area (Å²) in [6.07, 6.45) is 2.50. The SMILES string of the molecule is COc1cc2c(cc1Nc1ncc(Cl)c(Nc3ccccc3P(C)(C)=O)n1)CNCC2. The van der Waals surface area contributed by atoms with Gasteiger partial charge in [0.25, 0.3) is 0 Å². The van der Waals surface area contributed by atoms with Crippen molar-refractivity contribution in [1.82, 2.24) is 15.3 Å². The van der Waals surface area contributed by atoms with Crippen molar-refractivity contribution < 1.29 is 9.30 Å². The molecule has 3 aromatic rings. The summed E-state index contributed by atoms with van der Waals surface area (Å²) < 4.78 is 18.2. The van der Waals surface area contributed by atoms with Crippen molar-refractivity contribution in [3.8, 4) is 5.75 Å². The van der Waals surface area contributed by atoms with E-state index in [0.29, 0.717) is 22.5 Å². The molecule has 162 valence electrons. The van der Waals surface area contributed by atoms with Crippen LogP contribution >= 0.6 is 18.7 Å². The van der Waals surface area contributed by atoms with E-state index in [2.05, 4.69) is 38.1 Å². The highest BCUT2D eigenvalue weighted by atomic mass is 35.5. The molecule has 0 spiro atoms. The molecule has 1 aliphatic rings. The van der Waals surface area contributed by atoms with Gasteiger partial charge in [-0.25, -0.2) is 4.98 Å². The van der Waals surface area contributed by atoms with Crippen molar-refractivity contribution in [2.75, 3.05) is 37.6 Å². The van der Waals surface area contributed by atoms with E-state index in [1.54, 1.807) is 20.4 Å². The van der Waals surface area contributed by atoms with Crippen LogP contribution in [-0.4, -0.2) is 37.0 Å². The fourth-order valence-electron chi connectivity index (χ4n) is 3.59. The first kappa shape index (κ1) is 21.6. The van der Waals surface area contributed by atoms with Crippen molar-refractivity contribution in [3.05, 3.63) is 58.7 Å². The topological polar surface area (TPSA) is 88.2 Å². The third-order valence-corrected chi connectivity index (χ3v) is 6.96. The van der Waals surface area contributed by atoms with Gasteiger partial charge < -0.3 is 25.3 Å². The van der Waals surface area contributed by atoms with Gasteiger partial charge in [-0.1, -0.05) is 23.7 Å². The number of rotatable bonds is 6. The van der Waals surface area contributed by atoms with E-state index < -0.39 is 7.14 Å². The summed E-state index contributed by atoms with van der Waals surface area (Å²) in [5.41, 5.74) is 3.99. The average molecular weight is 458 g/mol. The summed E-state index contributed by atoms with van der Waals surface area (Å²) in [6, 6.07) is 11.6. The van der Waals surface area contributed by atoms with Crippen LogP contribution in [0.1, 0.15) is 11.1 Å². The molecule has 0 radical (unpaired) electrons. The van der Waals surface area contributed by atoms with Crippen molar-refractivity contribution >= 4 is 47.2 Å². The second-order valence-corrected chi connectivity index (χ2v) is 11.3. The quantitative estimate of drug-likeness (QED) is 0.469. The second kappa shape index (κ2) is 8.87. The summed E-state index contributed by atoms with van der Waals surface area (Å²) in [4.78, 5) is 8.86. The first-order chi connectivity index (χ1) is 14.8. The number of anilines is 4. The van der Waals surface area contributed by atoms with E-state index in [-0.39, 0.29) is 0 Å². The van der Waals surface area contributed by atoms with E-state index >= 15 is 0 Å². The summed E-state index contributed by atoms with van der Waals surface area (Å²) in [5, 5.41) is 10.9. The van der Waals surface area contributed by atoms with Crippen LogP contribution in [0.15, 0.2) is 42.6 Å². The molecule has 3 N–H and O–H groups in total. The molecule has 0 amide bonds. The van der Waals surface area contributed by atoms with E-state index in [0.717, 1.165) is 36.3 Å². The van der Waals surface area contributed by atoms with Crippen molar-refractivity contribution in [1.29, 1.82) is 0 Å². The molecule has 0 fully saturated rings. The van der Waals surface area contributed by atoms with Gasteiger partial charge in [-0.15, -0.1) is 0 Å². The number of para-hydroxylation sites is 1. The number of nitrogens with one attached hydrogen (secondary N) is 3. The number of fused-ring (bicyclic) bond motifs is 1. The first-order valence-corrected chi connectivity index (χ1v) is 12.9. The summed E-state index contributed by atoms with van der Waals surface area (Å²) >= 11 is 6.35. The molecule has 1 aliphatic heterocycles. The monoisotopic (exact) mass is 457 g/mol. The number of methoxy groups -OCH3 is 1. The van der Waals surface area contributed by atoms with Gasteiger partial charge in [-0.2, -0.15) is 4.98 Å². The number of aromatic nitrogens is 2. The van der Waals surface area contributed by atoms with Crippen molar-refractivity contribution in [3.63, 3.8) is 0 Å². The molecule has 1 aromatic heterocycles. The molecular formula is C22H25ClN5O2P. The van der Waals surface area contributed by atoms with Gasteiger partial charge >= 0.3 is 0 Å². The predicted octanol–water partition coefficient (Wildman–Crippen LogP) is 4.52. The Hall–Kier alpha value is -2.60. The molecular weight excluding hydrogens is 433 g/mol. The Bertz CT molecular complexity index is 1160.